The van der Waals surface area contributed by atoms with Crippen molar-refractivity contribution in [3.8, 4) is 0 Å². The Labute approximate surface area is 79.9 Å². The molecule has 2 unspecified atom stereocenters. The predicted molar refractivity (Wildman–Crippen MR) is 51.5 cm³/mol. The molecule has 0 aliphatic rings. The molecule has 0 aromatic heterocycles. The van der Waals surface area contributed by atoms with Crippen LogP contribution in [-0.4, -0.2) is 16.6 Å². The van der Waals surface area contributed by atoms with E-state index >= 15 is 0 Å². The molecule has 1 N–H and O–H groups in total. The molecular formula is C8H19O4P. The first kappa shape index (κ1) is 13.1. The Kier molecular flexibility index (Phi) is 4.60. The topological polar surface area (TPSA) is 55.8 Å². The molecule has 0 aliphatic heterocycles. The van der Waals surface area contributed by atoms with Gasteiger partial charge in [-0.1, -0.05) is 6.92 Å². The van der Waals surface area contributed by atoms with E-state index in [9.17, 15) is 9.46 Å². The van der Waals surface area contributed by atoms with E-state index in [0.717, 1.165) is 0 Å². The quantitative estimate of drug-likeness (QED) is 0.725. The minimum atomic E-state index is -3.89. The van der Waals surface area contributed by atoms with Crippen molar-refractivity contribution in [3.05, 3.63) is 0 Å². The fourth-order valence-electron chi connectivity index (χ4n) is 0.670. The molecule has 0 saturated heterocycles. The zero-order valence-corrected chi connectivity index (χ0v) is 9.80. The highest BCUT2D eigenvalue weighted by atomic mass is 31.2. The molecule has 2 atom stereocenters. The Morgan fingerprint density at radius 3 is 2.23 bits per heavy atom. The smallest absolute Gasteiger partial charge is 0.302 e. The molecule has 0 amide bonds. The van der Waals surface area contributed by atoms with Crippen LogP contribution in [0.15, 0.2) is 0 Å². The van der Waals surface area contributed by atoms with E-state index in [1.165, 1.54) is 0 Å². The lowest BCUT2D eigenvalue weighted by Gasteiger charge is -2.24. The van der Waals surface area contributed by atoms with E-state index in [-0.39, 0.29) is 6.10 Å². The summed E-state index contributed by atoms with van der Waals surface area (Å²) in [7, 11) is -3.89. The predicted octanol–water partition coefficient (Wildman–Crippen LogP) is 2.72. The molecule has 80 valence electrons. The van der Waals surface area contributed by atoms with Crippen molar-refractivity contribution in [2.45, 2.75) is 52.7 Å². The summed E-state index contributed by atoms with van der Waals surface area (Å²) in [4.78, 5) is 9.26. The van der Waals surface area contributed by atoms with E-state index in [1.54, 1.807) is 27.7 Å². The Morgan fingerprint density at radius 2 is 1.92 bits per heavy atom. The molecule has 0 aromatic carbocycles. The van der Waals surface area contributed by atoms with E-state index in [1.807, 2.05) is 6.92 Å². The monoisotopic (exact) mass is 210 g/mol. The molecule has 0 heterocycles. The van der Waals surface area contributed by atoms with Gasteiger partial charge in [0.2, 0.25) is 0 Å². The van der Waals surface area contributed by atoms with Crippen molar-refractivity contribution in [1.82, 2.24) is 0 Å². The van der Waals surface area contributed by atoms with Gasteiger partial charge in [0.15, 0.2) is 0 Å². The van der Waals surface area contributed by atoms with Gasteiger partial charge in [-0.25, -0.2) is 4.57 Å². The maximum atomic E-state index is 11.3. The van der Waals surface area contributed by atoms with Crippen molar-refractivity contribution in [2.75, 3.05) is 0 Å². The zero-order chi connectivity index (χ0) is 10.7. The third kappa shape index (κ3) is 7.20. The number of hydrogen-bond acceptors (Lipinski definition) is 3. The Hall–Kier alpha value is 0.110. The van der Waals surface area contributed by atoms with Crippen molar-refractivity contribution in [1.29, 1.82) is 0 Å². The molecule has 13 heavy (non-hydrogen) atoms. The molecule has 5 heteroatoms. The van der Waals surface area contributed by atoms with Gasteiger partial charge in [0.1, 0.15) is 0 Å². The maximum Gasteiger partial charge on any atom is 0.472 e. The first-order valence-electron chi connectivity index (χ1n) is 4.38. The summed E-state index contributed by atoms with van der Waals surface area (Å²) in [6.45, 7) is 8.72. The molecule has 0 aromatic rings. The number of phosphoric ester groups is 1. The van der Waals surface area contributed by atoms with Crippen LogP contribution in [-0.2, 0) is 13.6 Å². The van der Waals surface area contributed by atoms with E-state index < -0.39 is 13.4 Å². The summed E-state index contributed by atoms with van der Waals surface area (Å²) in [5, 5.41) is 0. The fourth-order valence-corrected chi connectivity index (χ4v) is 2.01. The Balaban J connectivity index is 4.17. The van der Waals surface area contributed by atoms with Gasteiger partial charge in [0, 0.05) is 0 Å². The van der Waals surface area contributed by atoms with Crippen molar-refractivity contribution in [3.63, 3.8) is 0 Å². The highest BCUT2D eigenvalue weighted by molar-refractivity contribution is 7.47. The number of rotatable bonds is 4. The molecule has 0 rings (SSSR count). The average Bonchev–Trinajstić information content (AvgIpc) is 1.80. The van der Waals surface area contributed by atoms with Crippen LogP contribution in [0.1, 0.15) is 41.0 Å². The van der Waals surface area contributed by atoms with Crippen LogP contribution in [0.2, 0.25) is 0 Å². The first-order valence-corrected chi connectivity index (χ1v) is 5.88. The van der Waals surface area contributed by atoms with Gasteiger partial charge in [-0.05, 0) is 34.1 Å². The van der Waals surface area contributed by atoms with Crippen LogP contribution in [0.4, 0.5) is 0 Å². The summed E-state index contributed by atoms with van der Waals surface area (Å²) in [6.07, 6.45) is 0.413. The third-order valence-corrected chi connectivity index (χ3v) is 2.68. The van der Waals surface area contributed by atoms with E-state index in [0.29, 0.717) is 6.42 Å². The van der Waals surface area contributed by atoms with Gasteiger partial charge in [0.05, 0.1) is 11.7 Å². The molecule has 0 radical (unpaired) electrons. The standard InChI is InChI=1S/C8H19O4P/c1-6-7(2)11-13(9,10)12-8(3,4)5/h7H,6H2,1-5H3,(H,9,10). The van der Waals surface area contributed by atoms with Gasteiger partial charge in [-0.15, -0.1) is 0 Å². The van der Waals surface area contributed by atoms with Crippen molar-refractivity contribution in [2.24, 2.45) is 0 Å². The van der Waals surface area contributed by atoms with E-state index in [4.69, 9.17) is 9.05 Å². The normalized spacial score (nSPS) is 19.5. The Morgan fingerprint density at radius 1 is 1.46 bits per heavy atom. The molecule has 0 spiro atoms. The van der Waals surface area contributed by atoms with Crippen LogP contribution < -0.4 is 0 Å². The molecule has 0 aliphatic carbocycles. The fraction of sp³-hybridized carbons (Fsp3) is 1.00. The Bertz CT molecular complexity index is 197. The van der Waals surface area contributed by atoms with Crippen LogP contribution in [0.25, 0.3) is 0 Å². The molecule has 0 saturated carbocycles. The van der Waals surface area contributed by atoms with Gasteiger partial charge >= 0.3 is 7.82 Å². The molecular weight excluding hydrogens is 191 g/mol. The molecule has 0 fully saturated rings. The van der Waals surface area contributed by atoms with Crippen LogP contribution >= 0.6 is 7.82 Å². The highest BCUT2D eigenvalue weighted by Crippen LogP contribution is 2.48. The highest BCUT2D eigenvalue weighted by Gasteiger charge is 2.30. The van der Waals surface area contributed by atoms with Crippen molar-refractivity contribution < 1.29 is 18.5 Å². The molecule has 0 bridgehead atoms. The zero-order valence-electron chi connectivity index (χ0n) is 8.90. The maximum absolute atomic E-state index is 11.3. The lowest BCUT2D eigenvalue weighted by atomic mass is 10.2. The second kappa shape index (κ2) is 4.56. The second-order valence-electron chi connectivity index (χ2n) is 4.00. The van der Waals surface area contributed by atoms with Crippen LogP contribution in [0.5, 0.6) is 0 Å². The number of phosphoric acid groups is 1. The van der Waals surface area contributed by atoms with Crippen LogP contribution in [0.3, 0.4) is 0 Å². The van der Waals surface area contributed by atoms with Gasteiger partial charge in [0.25, 0.3) is 0 Å². The van der Waals surface area contributed by atoms with Crippen LogP contribution in [0, 0.1) is 0 Å². The molecule has 4 nitrogen and oxygen atoms in total. The SMILES string of the molecule is CCC(C)OP(=O)(O)OC(C)(C)C. The average molecular weight is 210 g/mol. The minimum Gasteiger partial charge on any atom is -0.302 e. The first-order chi connectivity index (χ1) is 5.66. The third-order valence-electron chi connectivity index (χ3n) is 1.28. The number of hydrogen-bond donors (Lipinski definition) is 1. The summed E-state index contributed by atoms with van der Waals surface area (Å²) in [5.74, 6) is 0. The minimum absolute atomic E-state index is 0.266. The van der Waals surface area contributed by atoms with Gasteiger partial charge in [-0.2, -0.15) is 0 Å². The van der Waals surface area contributed by atoms with Crippen molar-refractivity contribution >= 4 is 7.82 Å². The largest absolute Gasteiger partial charge is 0.472 e. The lowest BCUT2D eigenvalue weighted by molar-refractivity contribution is 0.0449. The second-order valence-corrected chi connectivity index (χ2v) is 5.33. The van der Waals surface area contributed by atoms with Gasteiger partial charge < -0.3 is 4.89 Å². The summed E-state index contributed by atoms with van der Waals surface area (Å²) in [6, 6.07) is 0. The van der Waals surface area contributed by atoms with Gasteiger partial charge in [-0.3, -0.25) is 9.05 Å². The lowest BCUT2D eigenvalue weighted by Crippen LogP contribution is -2.19. The summed E-state index contributed by atoms with van der Waals surface area (Å²) < 4.78 is 21.0. The summed E-state index contributed by atoms with van der Waals surface area (Å²) in [5.41, 5.74) is -0.669. The summed E-state index contributed by atoms with van der Waals surface area (Å²) >= 11 is 0. The van der Waals surface area contributed by atoms with E-state index in [2.05, 4.69) is 0 Å².